The van der Waals surface area contributed by atoms with Gasteiger partial charge < -0.3 is 15.1 Å². The Balaban J connectivity index is 1.42. The third-order valence-corrected chi connectivity index (χ3v) is 6.97. The number of carbonyl (C=O) groups is 2. The molecule has 2 fully saturated rings. The van der Waals surface area contributed by atoms with Gasteiger partial charge in [-0.05, 0) is 54.8 Å². The summed E-state index contributed by atoms with van der Waals surface area (Å²) in [7, 11) is 0. The summed E-state index contributed by atoms with van der Waals surface area (Å²) in [5.74, 6) is 0.283. The van der Waals surface area contributed by atoms with Crippen molar-refractivity contribution in [2.45, 2.75) is 44.4 Å². The van der Waals surface area contributed by atoms with E-state index >= 15 is 0 Å². The monoisotopic (exact) mass is 439 g/mol. The molecular formula is C25H30ClN3O2. The van der Waals surface area contributed by atoms with E-state index in [1.165, 1.54) is 0 Å². The Hall–Kier alpha value is -2.53. The van der Waals surface area contributed by atoms with Crippen molar-refractivity contribution >= 4 is 34.8 Å². The van der Waals surface area contributed by atoms with Gasteiger partial charge in [0.1, 0.15) is 0 Å². The zero-order chi connectivity index (χ0) is 21.8. The van der Waals surface area contributed by atoms with Gasteiger partial charge in [-0.3, -0.25) is 9.59 Å². The van der Waals surface area contributed by atoms with Crippen molar-refractivity contribution in [2.75, 3.05) is 36.4 Å². The number of nitrogens with zero attached hydrogens (tertiary/aromatic N) is 2. The first-order valence-electron chi connectivity index (χ1n) is 11.2. The Morgan fingerprint density at radius 3 is 2.13 bits per heavy atom. The van der Waals surface area contributed by atoms with Crippen LogP contribution >= 0.6 is 11.6 Å². The molecule has 1 aliphatic heterocycles. The fourth-order valence-corrected chi connectivity index (χ4v) is 4.96. The second-order valence-corrected chi connectivity index (χ2v) is 8.95. The van der Waals surface area contributed by atoms with Crippen LogP contribution in [-0.2, 0) is 15.0 Å². The van der Waals surface area contributed by atoms with E-state index in [2.05, 4.69) is 22.3 Å². The number of hydrogen-bond acceptors (Lipinski definition) is 3. The Labute approximate surface area is 189 Å². The predicted octanol–water partition coefficient (Wildman–Crippen LogP) is 4.85. The number of anilines is 2. The summed E-state index contributed by atoms with van der Waals surface area (Å²) in [5.41, 5.74) is 2.50. The number of halogens is 1. The van der Waals surface area contributed by atoms with Gasteiger partial charge in [-0.1, -0.05) is 43.5 Å². The number of piperazine rings is 1. The van der Waals surface area contributed by atoms with Crippen LogP contribution in [0.4, 0.5) is 11.4 Å². The van der Waals surface area contributed by atoms with Crippen molar-refractivity contribution in [1.29, 1.82) is 0 Å². The molecule has 1 heterocycles. The molecule has 1 N–H and O–H groups in total. The second-order valence-electron chi connectivity index (χ2n) is 8.52. The van der Waals surface area contributed by atoms with Gasteiger partial charge in [-0.2, -0.15) is 0 Å². The fraction of sp³-hybridized carbons (Fsp3) is 0.440. The molecule has 2 amide bonds. The SMILES string of the molecule is CCC(=O)N1CCN(c2ccc(NC(=O)C3(c4ccc(Cl)cc4)CCCC3)cc2)CC1. The minimum atomic E-state index is -0.481. The van der Waals surface area contributed by atoms with Gasteiger partial charge in [0.2, 0.25) is 11.8 Å². The number of carbonyl (C=O) groups excluding carboxylic acids is 2. The molecule has 0 unspecified atom stereocenters. The third kappa shape index (κ3) is 4.57. The number of nitrogens with one attached hydrogen (secondary N) is 1. The summed E-state index contributed by atoms with van der Waals surface area (Å²) >= 11 is 6.06. The lowest BCUT2D eigenvalue weighted by Gasteiger charge is -2.36. The fourth-order valence-electron chi connectivity index (χ4n) is 4.84. The minimum Gasteiger partial charge on any atom is -0.368 e. The molecule has 1 aliphatic carbocycles. The van der Waals surface area contributed by atoms with Crippen molar-refractivity contribution in [3.05, 3.63) is 59.1 Å². The summed E-state index contributed by atoms with van der Waals surface area (Å²) in [6.45, 7) is 5.09. The lowest BCUT2D eigenvalue weighted by atomic mass is 9.78. The maximum absolute atomic E-state index is 13.3. The zero-order valence-electron chi connectivity index (χ0n) is 18.1. The van der Waals surface area contributed by atoms with Crippen molar-refractivity contribution in [3.8, 4) is 0 Å². The molecule has 2 aromatic carbocycles. The molecule has 5 nitrogen and oxygen atoms in total. The first kappa shape index (κ1) is 21.7. The van der Waals surface area contributed by atoms with Crippen LogP contribution in [0.3, 0.4) is 0 Å². The number of benzene rings is 2. The molecule has 2 aromatic rings. The maximum Gasteiger partial charge on any atom is 0.235 e. The number of hydrogen-bond donors (Lipinski definition) is 1. The molecule has 164 valence electrons. The standard InChI is InChI=1S/C25H30ClN3O2/c1-2-23(30)29-17-15-28(16-18-29)22-11-9-21(10-12-22)27-24(31)25(13-3-4-14-25)19-5-7-20(26)8-6-19/h5-12H,2-4,13-18H2,1H3,(H,27,31). The predicted molar refractivity (Wildman–Crippen MR) is 126 cm³/mol. The number of amides is 2. The molecule has 4 rings (SSSR count). The van der Waals surface area contributed by atoms with Crippen molar-refractivity contribution in [1.82, 2.24) is 4.90 Å². The highest BCUT2D eigenvalue weighted by atomic mass is 35.5. The van der Waals surface area contributed by atoms with Crippen LogP contribution in [0.5, 0.6) is 0 Å². The zero-order valence-corrected chi connectivity index (χ0v) is 18.8. The van der Waals surface area contributed by atoms with Gasteiger partial charge in [0.05, 0.1) is 5.41 Å². The van der Waals surface area contributed by atoms with E-state index < -0.39 is 5.41 Å². The first-order chi connectivity index (χ1) is 15.0. The summed E-state index contributed by atoms with van der Waals surface area (Å²) in [6, 6.07) is 15.8. The molecule has 6 heteroatoms. The van der Waals surface area contributed by atoms with E-state index in [1.807, 2.05) is 48.2 Å². The van der Waals surface area contributed by atoms with E-state index in [4.69, 9.17) is 11.6 Å². The highest BCUT2D eigenvalue weighted by molar-refractivity contribution is 6.30. The van der Waals surface area contributed by atoms with E-state index in [1.54, 1.807) is 0 Å². The van der Waals surface area contributed by atoms with Crippen molar-refractivity contribution in [2.24, 2.45) is 0 Å². The van der Waals surface area contributed by atoms with Gasteiger partial charge in [0.25, 0.3) is 0 Å². The molecule has 0 bridgehead atoms. The van der Waals surface area contributed by atoms with Crippen LogP contribution in [0, 0.1) is 0 Å². The summed E-state index contributed by atoms with van der Waals surface area (Å²) < 4.78 is 0. The normalized spacial score (nSPS) is 18.1. The molecule has 0 aromatic heterocycles. The second kappa shape index (κ2) is 9.31. The largest absolute Gasteiger partial charge is 0.368 e. The Morgan fingerprint density at radius 2 is 1.55 bits per heavy atom. The highest BCUT2D eigenvalue weighted by Crippen LogP contribution is 2.42. The van der Waals surface area contributed by atoms with Crippen molar-refractivity contribution < 1.29 is 9.59 Å². The quantitative estimate of drug-likeness (QED) is 0.724. The molecule has 0 spiro atoms. The van der Waals surface area contributed by atoms with E-state index in [0.29, 0.717) is 11.4 Å². The van der Waals surface area contributed by atoms with Crippen LogP contribution in [-0.4, -0.2) is 42.9 Å². The van der Waals surface area contributed by atoms with Gasteiger partial charge >= 0.3 is 0 Å². The average Bonchev–Trinajstić information content (AvgIpc) is 3.31. The molecule has 1 saturated carbocycles. The maximum atomic E-state index is 13.3. The summed E-state index contributed by atoms with van der Waals surface area (Å²) in [4.78, 5) is 29.4. The topological polar surface area (TPSA) is 52.7 Å². The smallest absolute Gasteiger partial charge is 0.235 e. The van der Waals surface area contributed by atoms with Crippen LogP contribution in [0.2, 0.25) is 5.02 Å². The van der Waals surface area contributed by atoms with E-state index in [-0.39, 0.29) is 11.8 Å². The molecule has 2 aliphatic rings. The molecule has 0 radical (unpaired) electrons. The Bertz CT molecular complexity index is 913. The van der Waals surface area contributed by atoms with Crippen LogP contribution in [0.25, 0.3) is 0 Å². The lowest BCUT2D eigenvalue weighted by molar-refractivity contribution is -0.131. The summed E-state index contributed by atoms with van der Waals surface area (Å²) in [5, 5.41) is 3.84. The van der Waals surface area contributed by atoms with Crippen LogP contribution in [0.15, 0.2) is 48.5 Å². The minimum absolute atomic E-state index is 0.0618. The van der Waals surface area contributed by atoms with Gasteiger partial charge in [-0.15, -0.1) is 0 Å². The Morgan fingerprint density at radius 1 is 0.935 bits per heavy atom. The lowest BCUT2D eigenvalue weighted by Crippen LogP contribution is -2.48. The average molecular weight is 440 g/mol. The van der Waals surface area contributed by atoms with Gasteiger partial charge in [-0.25, -0.2) is 0 Å². The van der Waals surface area contributed by atoms with E-state index in [9.17, 15) is 9.59 Å². The van der Waals surface area contributed by atoms with Crippen LogP contribution in [0.1, 0.15) is 44.6 Å². The first-order valence-corrected chi connectivity index (χ1v) is 11.6. The molecule has 0 atom stereocenters. The highest BCUT2D eigenvalue weighted by Gasteiger charge is 2.42. The molecular weight excluding hydrogens is 410 g/mol. The molecule has 31 heavy (non-hydrogen) atoms. The van der Waals surface area contributed by atoms with E-state index in [0.717, 1.165) is 68.8 Å². The summed E-state index contributed by atoms with van der Waals surface area (Å²) in [6.07, 6.45) is 4.40. The number of rotatable bonds is 5. The Kier molecular flexibility index (Phi) is 6.51. The van der Waals surface area contributed by atoms with Gasteiger partial charge in [0.15, 0.2) is 0 Å². The van der Waals surface area contributed by atoms with Gasteiger partial charge in [0, 0.05) is 49.0 Å². The van der Waals surface area contributed by atoms with Crippen molar-refractivity contribution in [3.63, 3.8) is 0 Å². The third-order valence-electron chi connectivity index (χ3n) is 6.71. The molecule has 1 saturated heterocycles. The van der Waals surface area contributed by atoms with Crippen LogP contribution < -0.4 is 10.2 Å².